The van der Waals surface area contributed by atoms with Crippen molar-refractivity contribution in [2.24, 2.45) is 0 Å². The van der Waals surface area contributed by atoms with Gasteiger partial charge < -0.3 is 14.2 Å². The van der Waals surface area contributed by atoms with E-state index in [2.05, 4.69) is 20.5 Å². The van der Waals surface area contributed by atoms with Gasteiger partial charge in [-0.2, -0.15) is 0 Å². The van der Waals surface area contributed by atoms with Crippen molar-refractivity contribution in [3.8, 4) is 22.9 Å². The average molecular weight is 424 g/mol. The SMILES string of the molecule is CCc1nc2cc(NC(=O)c3ccc(-c4nnc(-c5ccccc5C)o4)cc3)ccc2o1. The van der Waals surface area contributed by atoms with Crippen molar-refractivity contribution in [2.45, 2.75) is 20.3 Å². The van der Waals surface area contributed by atoms with E-state index in [1.807, 2.05) is 44.2 Å². The molecule has 0 unspecified atom stereocenters. The fourth-order valence-electron chi connectivity index (χ4n) is 3.43. The second-order valence-corrected chi connectivity index (χ2v) is 7.40. The Hall–Kier alpha value is -4.26. The first-order chi connectivity index (χ1) is 15.6. The quantitative estimate of drug-likeness (QED) is 0.391. The van der Waals surface area contributed by atoms with Crippen molar-refractivity contribution in [2.75, 3.05) is 5.32 Å². The van der Waals surface area contributed by atoms with Crippen molar-refractivity contribution in [3.05, 3.63) is 83.7 Å². The van der Waals surface area contributed by atoms with Crippen LogP contribution in [0.2, 0.25) is 0 Å². The number of nitrogens with one attached hydrogen (secondary N) is 1. The molecule has 0 spiro atoms. The van der Waals surface area contributed by atoms with E-state index in [0.29, 0.717) is 34.5 Å². The molecule has 7 heteroatoms. The molecule has 1 amide bonds. The molecule has 2 heterocycles. The molecule has 0 atom stereocenters. The molecule has 32 heavy (non-hydrogen) atoms. The lowest BCUT2D eigenvalue weighted by atomic mass is 10.1. The van der Waals surface area contributed by atoms with Gasteiger partial charge in [0.05, 0.1) is 0 Å². The number of hydrogen-bond donors (Lipinski definition) is 1. The maximum absolute atomic E-state index is 12.7. The summed E-state index contributed by atoms with van der Waals surface area (Å²) >= 11 is 0. The summed E-state index contributed by atoms with van der Waals surface area (Å²) in [5.41, 5.74) is 5.29. The molecule has 0 saturated heterocycles. The molecule has 158 valence electrons. The van der Waals surface area contributed by atoms with Crippen LogP contribution in [-0.4, -0.2) is 21.1 Å². The molecule has 0 radical (unpaired) electrons. The highest BCUT2D eigenvalue weighted by Crippen LogP contribution is 2.26. The molecule has 0 aliphatic heterocycles. The number of aromatic nitrogens is 3. The van der Waals surface area contributed by atoms with Crippen LogP contribution in [0.3, 0.4) is 0 Å². The Morgan fingerprint density at radius 1 is 0.938 bits per heavy atom. The smallest absolute Gasteiger partial charge is 0.255 e. The maximum Gasteiger partial charge on any atom is 0.255 e. The number of fused-ring (bicyclic) bond motifs is 1. The fourth-order valence-corrected chi connectivity index (χ4v) is 3.43. The number of anilines is 1. The Labute approximate surface area is 184 Å². The summed E-state index contributed by atoms with van der Waals surface area (Å²) in [5.74, 6) is 1.32. The second-order valence-electron chi connectivity index (χ2n) is 7.40. The molecular weight excluding hydrogens is 404 g/mol. The first-order valence-corrected chi connectivity index (χ1v) is 10.3. The van der Waals surface area contributed by atoms with Crippen LogP contribution < -0.4 is 5.32 Å². The van der Waals surface area contributed by atoms with Crippen LogP contribution in [0.15, 0.2) is 75.6 Å². The molecule has 7 nitrogen and oxygen atoms in total. The van der Waals surface area contributed by atoms with Crippen LogP contribution in [0.1, 0.15) is 28.7 Å². The van der Waals surface area contributed by atoms with Crippen molar-refractivity contribution >= 4 is 22.7 Å². The fraction of sp³-hybridized carbons (Fsp3) is 0.120. The van der Waals surface area contributed by atoms with E-state index in [1.54, 1.807) is 36.4 Å². The lowest BCUT2D eigenvalue weighted by molar-refractivity contribution is 0.102. The predicted molar refractivity (Wildman–Crippen MR) is 121 cm³/mol. The zero-order chi connectivity index (χ0) is 22.1. The molecule has 2 aromatic heterocycles. The molecule has 0 aliphatic rings. The molecule has 1 N–H and O–H groups in total. The Morgan fingerprint density at radius 3 is 2.50 bits per heavy atom. The summed E-state index contributed by atoms with van der Waals surface area (Å²) in [6.45, 7) is 3.98. The number of carbonyl (C=O) groups is 1. The van der Waals surface area contributed by atoms with E-state index in [9.17, 15) is 4.79 Å². The third-order valence-electron chi connectivity index (χ3n) is 5.19. The zero-order valence-electron chi connectivity index (χ0n) is 17.6. The third kappa shape index (κ3) is 3.76. The van der Waals surface area contributed by atoms with E-state index in [0.717, 1.165) is 28.6 Å². The van der Waals surface area contributed by atoms with E-state index >= 15 is 0 Å². The second kappa shape index (κ2) is 8.11. The highest BCUT2D eigenvalue weighted by molar-refractivity contribution is 6.05. The highest BCUT2D eigenvalue weighted by Gasteiger charge is 2.14. The number of aryl methyl sites for hydroxylation is 2. The monoisotopic (exact) mass is 424 g/mol. The Kier molecular flexibility index (Phi) is 4.99. The minimum atomic E-state index is -0.221. The van der Waals surface area contributed by atoms with Gasteiger partial charge >= 0.3 is 0 Å². The zero-order valence-corrected chi connectivity index (χ0v) is 17.6. The van der Waals surface area contributed by atoms with Crippen LogP contribution in [0.5, 0.6) is 0 Å². The number of nitrogens with zero attached hydrogens (tertiary/aromatic N) is 3. The van der Waals surface area contributed by atoms with Crippen molar-refractivity contribution in [1.82, 2.24) is 15.2 Å². The minimum absolute atomic E-state index is 0.221. The molecule has 5 aromatic rings. The topological polar surface area (TPSA) is 94.1 Å². The molecule has 0 fully saturated rings. The third-order valence-corrected chi connectivity index (χ3v) is 5.19. The number of benzene rings is 3. The lowest BCUT2D eigenvalue weighted by Crippen LogP contribution is -2.11. The van der Waals surface area contributed by atoms with E-state index in [-0.39, 0.29) is 5.91 Å². The van der Waals surface area contributed by atoms with Gasteiger partial charge in [0.25, 0.3) is 5.91 Å². The van der Waals surface area contributed by atoms with Gasteiger partial charge in [0.15, 0.2) is 11.5 Å². The van der Waals surface area contributed by atoms with Crippen LogP contribution in [-0.2, 0) is 6.42 Å². The van der Waals surface area contributed by atoms with Crippen molar-refractivity contribution in [3.63, 3.8) is 0 Å². The number of oxazole rings is 1. The molecule has 5 rings (SSSR count). The van der Waals surface area contributed by atoms with Crippen LogP contribution in [0.25, 0.3) is 34.0 Å². The van der Waals surface area contributed by atoms with Gasteiger partial charge in [-0.3, -0.25) is 4.79 Å². The standard InChI is InChI=1S/C25H20N4O3/c1-3-22-27-20-14-18(12-13-21(20)31-22)26-23(30)16-8-10-17(11-9-16)24-28-29-25(32-24)19-7-5-4-6-15(19)2/h4-14H,3H2,1-2H3,(H,26,30). The molecule has 3 aromatic carbocycles. The van der Waals surface area contributed by atoms with Crippen LogP contribution in [0, 0.1) is 6.92 Å². The van der Waals surface area contributed by atoms with E-state index < -0.39 is 0 Å². The molecular formula is C25H20N4O3. The Morgan fingerprint density at radius 2 is 1.72 bits per heavy atom. The predicted octanol–water partition coefficient (Wildman–Crippen LogP) is 5.67. The van der Waals surface area contributed by atoms with E-state index in [4.69, 9.17) is 8.83 Å². The molecule has 0 saturated carbocycles. The van der Waals surface area contributed by atoms with Gasteiger partial charge in [0.2, 0.25) is 11.8 Å². The number of amides is 1. The molecule has 0 bridgehead atoms. The van der Waals surface area contributed by atoms with Crippen LogP contribution in [0.4, 0.5) is 5.69 Å². The highest BCUT2D eigenvalue weighted by atomic mass is 16.4. The van der Waals surface area contributed by atoms with Gasteiger partial charge in [0.1, 0.15) is 5.52 Å². The summed E-state index contributed by atoms with van der Waals surface area (Å²) < 4.78 is 11.5. The van der Waals surface area contributed by atoms with Crippen molar-refractivity contribution < 1.29 is 13.6 Å². The Balaban J connectivity index is 1.32. The summed E-state index contributed by atoms with van der Waals surface area (Å²) in [4.78, 5) is 17.1. The normalized spacial score (nSPS) is 11.1. The van der Waals surface area contributed by atoms with Gasteiger partial charge in [0, 0.05) is 28.8 Å². The maximum atomic E-state index is 12.7. The molecule has 0 aliphatic carbocycles. The van der Waals surface area contributed by atoms with Gasteiger partial charge in [-0.05, 0) is 61.0 Å². The van der Waals surface area contributed by atoms with Gasteiger partial charge in [-0.1, -0.05) is 25.1 Å². The summed E-state index contributed by atoms with van der Waals surface area (Å²) in [6, 6.07) is 20.3. The average Bonchev–Trinajstić information content (AvgIpc) is 3.46. The summed E-state index contributed by atoms with van der Waals surface area (Å²) in [6.07, 6.45) is 0.717. The minimum Gasteiger partial charge on any atom is -0.441 e. The first-order valence-electron chi connectivity index (χ1n) is 10.3. The first kappa shape index (κ1) is 19.7. The van der Waals surface area contributed by atoms with Crippen molar-refractivity contribution in [1.29, 1.82) is 0 Å². The summed E-state index contributed by atoms with van der Waals surface area (Å²) in [7, 11) is 0. The van der Waals surface area contributed by atoms with E-state index in [1.165, 1.54) is 0 Å². The Bertz CT molecular complexity index is 1420. The largest absolute Gasteiger partial charge is 0.441 e. The lowest BCUT2D eigenvalue weighted by Gasteiger charge is -2.05. The number of carbonyl (C=O) groups excluding carboxylic acids is 1. The van der Waals surface area contributed by atoms with Gasteiger partial charge in [-0.25, -0.2) is 4.98 Å². The summed E-state index contributed by atoms with van der Waals surface area (Å²) in [5, 5.41) is 11.2. The number of hydrogen-bond acceptors (Lipinski definition) is 6. The van der Waals surface area contributed by atoms with Gasteiger partial charge in [-0.15, -0.1) is 10.2 Å². The number of rotatable bonds is 5. The van der Waals surface area contributed by atoms with Crippen LogP contribution >= 0.6 is 0 Å².